The Morgan fingerprint density at radius 2 is 2.07 bits per heavy atom. The fourth-order valence-corrected chi connectivity index (χ4v) is 2.44. The van der Waals surface area contributed by atoms with Crippen LogP contribution < -0.4 is 5.73 Å². The Morgan fingerprint density at radius 1 is 1.40 bits per heavy atom. The van der Waals surface area contributed by atoms with Gasteiger partial charge in [0.2, 0.25) is 0 Å². The Labute approximate surface area is 101 Å². The molecule has 0 aromatic heterocycles. The van der Waals surface area contributed by atoms with Gasteiger partial charge in [-0.15, -0.1) is 0 Å². The number of hydrogen-bond donors (Lipinski definition) is 1. The van der Waals surface area contributed by atoms with E-state index < -0.39 is 0 Å². The van der Waals surface area contributed by atoms with Crippen LogP contribution in [-0.4, -0.2) is 5.54 Å². The molecule has 1 saturated carbocycles. The minimum absolute atomic E-state index is 0.128. The molecule has 0 spiro atoms. The Bertz CT molecular complexity index is 370. The molecule has 0 saturated heterocycles. The minimum Gasteiger partial charge on any atom is -0.325 e. The lowest BCUT2D eigenvalue weighted by molar-refractivity contribution is 0.406. The predicted octanol–water partition coefficient (Wildman–Crippen LogP) is 3.66. The Morgan fingerprint density at radius 3 is 2.60 bits per heavy atom. The predicted molar refractivity (Wildman–Crippen MR) is 65.5 cm³/mol. The fraction of sp³-hybridized carbons (Fsp3) is 0.500. The van der Waals surface area contributed by atoms with Gasteiger partial charge in [-0.1, -0.05) is 29.3 Å². The average Bonchev–Trinajstić information content (AvgIpc) is 2.92. The summed E-state index contributed by atoms with van der Waals surface area (Å²) in [6.07, 6.45) is 3.32. The van der Waals surface area contributed by atoms with Crippen molar-refractivity contribution in [2.75, 3.05) is 0 Å². The summed E-state index contributed by atoms with van der Waals surface area (Å²) in [6, 6.07) is 5.62. The first-order valence-corrected chi connectivity index (χ1v) is 5.97. The second kappa shape index (κ2) is 3.97. The molecule has 0 aliphatic heterocycles. The van der Waals surface area contributed by atoms with E-state index in [0.29, 0.717) is 10.9 Å². The lowest BCUT2D eigenvalue weighted by Crippen LogP contribution is -2.41. The van der Waals surface area contributed by atoms with Crippen molar-refractivity contribution in [3.05, 3.63) is 33.8 Å². The molecule has 2 N–H and O–H groups in total. The van der Waals surface area contributed by atoms with E-state index in [2.05, 4.69) is 6.92 Å². The van der Waals surface area contributed by atoms with Gasteiger partial charge in [-0.2, -0.15) is 0 Å². The van der Waals surface area contributed by atoms with Crippen LogP contribution in [0.1, 0.15) is 25.3 Å². The zero-order valence-electron chi connectivity index (χ0n) is 8.76. The van der Waals surface area contributed by atoms with Crippen LogP contribution in [0.2, 0.25) is 10.0 Å². The van der Waals surface area contributed by atoms with Crippen LogP contribution in [0.15, 0.2) is 18.2 Å². The monoisotopic (exact) mass is 243 g/mol. The highest BCUT2D eigenvalue weighted by Gasteiger charge is 2.38. The molecule has 0 radical (unpaired) electrons. The van der Waals surface area contributed by atoms with E-state index in [1.54, 1.807) is 6.07 Å². The molecule has 1 aliphatic carbocycles. The second-order valence-corrected chi connectivity index (χ2v) is 5.54. The highest BCUT2D eigenvalue weighted by Crippen LogP contribution is 2.40. The molecule has 2 rings (SSSR count). The van der Waals surface area contributed by atoms with Crippen molar-refractivity contribution < 1.29 is 0 Å². The maximum Gasteiger partial charge on any atom is 0.0453 e. The molecule has 0 amide bonds. The normalized spacial score (nSPS) is 20.0. The number of halogens is 2. The van der Waals surface area contributed by atoms with Crippen molar-refractivity contribution >= 4 is 23.2 Å². The van der Waals surface area contributed by atoms with Gasteiger partial charge < -0.3 is 5.73 Å². The summed E-state index contributed by atoms with van der Waals surface area (Å²) in [6.45, 7) is 2.11. The maximum absolute atomic E-state index is 6.27. The van der Waals surface area contributed by atoms with Gasteiger partial charge >= 0.3 is 0 Å². The molecule has 1 unspecified atom stereocenters. The molecule has 0 heterocycles. The highest BCUT2D eigenvalue weighted by molar-refractivity contribution is 6.35. The van der Waals surface area contributed by atoms with Crippen molar-refractivity contribution in [3.63, 3.8) is 0 Å². The van der Waals surface area contributed by atoms with Gasteiger partial charge in [0.15, 0.2) is 0 Å². The van der Waals surface area contributed by atoms with Crippen LogP contribution in [0.4, 0.5) is 0 Å². The van der Waals surface area contributed by atoms with E-state index in [-0.39, 0.29) is 5.54 Å². The second-order valence-electron chi connectivity index (χ2n) is 4.69. The van der Waals surface area contributed by atoms with Crippen LogP contribution in [0, 0.1) is 5.92 Å². The molecule has 82 valence electrons. The lowest BCUT2D eigenvalue weighted by Gasteiger charge is -2.25. The number of hydrogen-bond acceptors (Lipinski definition) is 1. The molecule has 0 bridgehead atoms. The van der Waals surface area contributed by atoms with Gasteiger partial charge in [0, 0.05) is 15.6 Å². The summed E-state index contributed by atoms with van der Waals surface area (Å²) in [5.74, 6) is 0.657. The van der Waals surface area contributed by atoms with E-state index in [9.17, 15) is 0 Å². The van der Waals surface area contributed by atoms with E-state index in [0.717, 1.165) is 17.0 Å². The molecular weight excluding hydrogens is 229 g/mol. The molecule has 3 heteroatoms. The van der Waals surface area contributed by atoms with Gasteiger partial charge in [0.25, 0.3) is 0 Å². The molecule has 1 atom stereocenters. The zero-order chi connectivity index (χ0) is 11.1. The van der Waals surface area contributed by atoms with Crippen LogP contribution in [0.25, 0.3) is 0 Å². The highest BCUT2D eigenvalue weighted by atomic mass is 35.5. The zero-order valence-corrected chi connectivity index (χ0v) is 10.3. The summed E-state index contributed by atoms with van der Waals surface area (Å²) in [4.78, 5) is 0. The summed E-state index contributed by atoms with van der Waals surface area (Å²) in [5.41, 5.74) is 7.24. The molecule has 1 nitrogen and oxygen atoms in total. The quantitative estimate of drug-likeness (QED) is 0.862. The minimum atomic E-state index is -0.128. The maximum atomic E-state index is 6.27. The molecule has 1 aromatic rings. The third kappa shape index (κ3) is 2.66. The third-order valence-corrected chi connectivity index (χ3v) is 3.68. The molecule has 1 aromatic carbocycles. The van der Waals surface area contributed by atoms with Crippen molar-refractivity contribution in [1.29, 1.82) is 0 Å². The summed E-state index contributed by atoms with van der Waals surface area (Å²) < 4.78 is 0. The van der Waals surface area contributed by atoms with Crippen molar-refractivity contribution in [2.24, 2.45) is 11.7 Å². The van der Waals surface area contributed by atoms with Gasteiger partial charge in [-0.05, 0) is 49.8 Å². The number of nitrogens with two attached hydrogens (primary N) is 1. The van der Waals surface area contributed by atoms with Crippen LogP contribution in [0.3, 0.4) is 0 Å². The Kier molecular flexibility index (Phi) is 2.98. The fourth-order valence-electron chi connectivity index (χ4n) is 1.96. The summed E-state index contributed by atoms with van der Waals surface area (Å²) in [5, 5.41) is 1.40. The van der Waals surface area contributed by atoms with Crippen LogP contribution in [-0.2, 0) is 6.42 Å². The first-order chi connectivity index (χ1) is 6.99. The molecular formula is C12H15Cl2N. The van der Waals surface area contributed by atoms with E-state index in [1.807, 2.05) is 12.1 Å². The topological polar surface area (TPSA) is 26.0 Å². The SMILES string of the molecule is CC(N)(Cc1ccc(Cl)cc1Cl)C1CC1. The van der Waals surface area contributed by atoms with E-state index >= 15 is 0 Å². The Balaban J connectivity index is 2.16. The first-order valence-electron chi connectivity index (χ1n) is 5.22. The first kappa shape index (κ1) is 11.3. The molecule has 1 fully saturated rings. The third-order valence-electron chi connectivity index (χ3n) is 3.10. The smallest absolute Gasteiger partial charge is 0.0453 e. The average molecular weight is 244 g/mol. The van der Waals surface area contributed by atoms with E-state index in [4.69, 9.17) is 28.9 Å². The Hall–Kier alpha value is -0.240. The summed E-state index contributed by atoms with van der Waals surface area (Å²) >= 11 is 12.0. The van der Waals surface area contributed by atoms with Crippen LogP contribution >= 0.6 is 23.2 Å². The van der Waals surface area contributed by atoms with Crippen LogP contribution in [0.5, 0.6) is 0 Å². The number of rotatable bonds is 3. The summed E-state index contributed by atoms with van der Waals surface area (Å²) in [7, 11) is 0. The van der Waals surface area contributed by atoms with E-state index in [1.165, 1.54) is 12.8 Å². The largest absolute Gasteiger partial charge is 0.325 e. The van der Waals surface area contributed by atoms with Crippen molar-refractivity contribution in [2.45, 2.75) is 31.7 Å². The van der Waals surface area contributed by atoms with Gasteiger partial charge in [-0.25, -0.2) is 0 Å². The molecule has 1 aliphatic rings. The number of benzene rings is 1. The molecule has 15 heavy (non-hydrogen) atoms. The van der Waals surface area contributed by atoms with Crippen molar-refractivity contribution in [1.82, 2.24) is 0 Å². The lowest BCUT2D eigenvalue weighted by atomic mass is 9.89. The van der Waals surface area contributed by atoms with Gasteiger partial charge in [0.05, 0.1) is 0 Å². The standard InChI is InChI=1S/C12H15Cl2N/c1-12(15,9-3-4-9)7-8-2-5-10(13)6-11(8)14/h2,5-6,9H,3-4,7,15H2,1H3. The van der Waals surface area contributed by atoms with Gasteiger partial charge in [-0.3, -0.25) is 0 Å². The van der Waals surface area contributed by atoms with Crippen molar-refractivity contribution in [3.8, 4) is 0 Å². The van der Waals surface area contributed by atoms with Gasteiger partial charge in [0.1, 0.15) is 0 Å².